The van der Waals surface area contributed by atoms with Crippen molar-refractivity contribution in [2.75, 3.05) is 6.61 Å². The van der Waals surface area contributed by atoms with Crippen molar-refractivity contribution in [1.29, 1.82) is 0 Å². The van der Waals surface area contributed by atoms with E-state index in [0.29, 0.717) is 0 Å². The third-order valence-electron chi connectivity index (χ3n) is 2.15. The van der Waals surface area contributed by atoms with Gasteiger partial charge >= 0.3 is 0 Å². The number of aromatic nitrogens is 1. The Balaban J connectivity index is 2.49. The molecule has 1 heterocycles. The number of benzene rings is 1. The molecule has 0 bridgehead atoms. The van der Waals surface area contributed by atoms with Gasteiger partial charge in [0.15, 0.2) is 0 Å². The molecule has 2 aromatic rings. The largest absolute Gasteiger partial charge is 0.394 e. The Bertz CT molecular complexity index is 375. The molecular weight excluding hydrogens is 164 g/mol. The van der Waals surface area contributed by atoms with Gasteiger partial charge in [-0.3, -0.25) is 0 Å². The van der Waals surface area contributed by atoms with E-state index in [2.05, 4.69) is 4.98 Å². The first kappa shape index (κ1) is 8.29. The summed E-state index contributed by atoms with van der Waals surface area (Å²) < 4.78 is 0. The molecule has 0 spiro atoms. The van der Waals surface area contributed by atoms with E-state index in [-0.39, 0.29) is 12.6 Å². The van der Waals surface area contributed by atoms with E-state index in [1.807, 2.05) is 30.3 Å². The summed E-state index contributed by atoms with van der Waals surface area (Å²) in [7, 11) is 0. The van der Waals surface area contributed by atoms with Gasteiger partial charge in [0.05, 0.1) is 12.6 Å². The van der Waals surface area contributed by atoms with Gasteiger partial charge in [-0.2, -0.15) is 0 Å². The molecule has 0 fully saturated rings. The summed E-state index contributed by atoms with van der Waals surface area (Å²) in [5.74, 6) is 0. The van der Waals surface area contributed by atoms with Gasteiger partial charge in [-0.1, -0.05) is 18.2 Å². The molecule has 0 radical (unpaired) electrons. The average Bonchev–Trinajstić information content (AvgIpc) is 2.59. The van der Waals surface area contributed by atoms with Gasteiger partial charge in [-0.05, 0) is 17.5 Å². The Morgan fingerprint density at radius 3 is 2.85 bits per heavy atom. The lowest BCUT2D eigenvalue weighted by atomic mass is 10.2. The maximum Gasteiger partial charge on any atom is 0.0683 e. The first-order valence-corrected chi connectivity index (χ1v) is 4.25. The Morgan fingerprint density at radius 2 is 2.15 bits per heavy atom. The van der Waals surface area contributed by atoms with Gasteiger partial charge in [-0.25, -0.2) is 0 Å². The van der Waals surface area contributed by atoms with Crippen molar-refractivity contribution >= 4 is 10.9 Å². The zero-order valence-corrected chi connectivity index (χ0v) is 7.20. The highest BCUT2D eigenvalue weighted by Crippen LogP contribution is 2.17. The molecule has 4 N–H and O–H groups in total. The highest BCUT2D eigenvalue weighted by molar-refractivity contribution is 5.80. The Morgan fingerprint density at radius 1 is 1.38 bits per heavy atom. The number of para-hydroxylation sites is 1. The molecule has 0 unspecified atom stereocenters. The predicted molar refractivity (Wildman–Crippen MR) is 52.3 cm³/mol. The second-order valence-electron chi connectivity index (χ2n) is 3.10. The van der Waals surface area contributed by atoms with Crippen LogP contribution in [0, 0.1) is 0 Å². The number of hydrogen-bond donors (Lipinski definition) is 3. The Kier molecular flexibility index (Phi) is 2.04. The van der Waals surface area contributed by atoms with E-state index in [0.717, 1.165) is 16.6 Å². The van der Waals surface area contributed by atoms with Crippen molar-refractivity contribution in [2.24, 2.45) is 5.73 Å². The Labute approximate surface area is 76.2 Å². The van der Waals surface area contributed by atoms with Gasteiger partial charge in [0, 0.05) is 11.2 Å². The second-order valence-corrected chi connectivity index (χ2v) is 3.10. The van der Waals surface area contributed by atoms with Crippen LogP contribution in [0.25, 0.3) is 10.9 Å². The number of fused-ring (bicyclic) bond motifs is 1. The molecule has 0 amide bonds. The van der Waals surface area contributed by atoms with Crippen LogP contribution in [-0.4, -0.2) is 16.7 Å². The van der Waals surface area contributed by atoms with Crippen molar-refractivity contribution in [3.05, 3.63) is 36.0 Å². The zero-order chi connectivity index (χ0) is 9.26. The first-order chi connectivity index (χ1) is 6.31. The molecule has 0 aliphatic heterocycles. The van der Waals surface area contributed by atoms with Gasteiger partial charge < -0.3 is 15.8 Å². The summed E-state index contributed by atoms with van der Waals surface area (Å²) in [4.78, 5) is 3.16. The summed E-state index contributed by atoms with van der Waals surface area (Å²) in [6.45, 7) is -0.0349. The van der Waals surface area contributed by atoms with E-state index >= 15 is 0 Å². The van der Waals surface area contributed by atoms with Crippen LogP contribution in [0.3, 0.4) is 0 Å². The minimum Gasteiger partial charge on any atom is -0.394 e. The minimum atomic E-state index is -0.313. The third kappa shape index (κ3) is 1.43. The van der Waals surface area contributed by atoms with Crippen LogP contribution < -0.4 is 5.73 Å². The number of nitrogens with two attached hydrogens (primary N) is 1. The van der Waals surface area contributed by atoms with Crippen LogP contribution >= 0.6 is 0 Å². The number of aromatic amines is 1. The maximum atomic E-state index is 8.87. The molecule has 1 aromatic heterocycles. The summed E-state index contributed by atoms with van der Waals surface area (Å²) in [5.41, 5.74) is 7.61. The van der Waals surface area contributed by atoms with Crippen LogP contribution in [0.1, 0.15) is 11.7 Å². The summed E-state index contributed by atoms with van der Waals surface area (Å²) in [5, 5.41) is 9.99. The molecule has 0 saturated carbocycles. The monoisotopic (exact) mass is 176 g/mol. The molecule has 0 aliphatic carbocycles. The van der Waals surface area contributed by atoms with Crippen molar-refractivity contribution in [2.45, 2.75) is 6.04 Å². The number of rotatable bonds is 2. The number of aliphatic hydroxyl groups excluding tert-OH is 1. The van der Waals surface area contributed by atoms with E-state index < -0.39 is 0 Å². The molecule has 1 atom stereocenters. The van der Waals surface area contributed by atoms with E-state index in [1.54, 1.807) is 0 Å². The quantitative estimate of drug-likeness (QED) is 0.643. The molecule has 0 aliphatic rings. The fraction of sp³-hybridized carbons (Fsp3) is 0.200. The smallest absolute Gasteiger partial charge is 0.0683 e. The first-order valence-electron chi connectivity index (χ1n) is 4.25. The van der Waals surface area contributed by atoms with Crippen LogP contribution in [-0.2, 0) is 0 Å². The lowest BCUT2D eigenvalue weighted by Gasteiger charge is -2.03. The number of aliphatic hydroxyl groups is 1. The van der Waals surface area contributed by atoms with Gasteiger partial charge in [-0.15, -0.1) is 0 Å². The van der Waals surface area contributed by atoms with Crippen LogP contribution in [0.4, 0.5) is 0 Å². The molecule has 1 aromatic carbocycles. The topological polar surface area (TPSA) is 62.0 Å². The number of nitrogens with one attached hydrogen (secondary N) is 1. The zero-order valence-electron chi connectivity index (χ0n) is 7.20. The Hall–Kier alpha value is -1.32. The molecular formula is C10H12N2O. The van der Waals surface area contributed by atoms with Crippen LogP contribution in [0.2, 0.25) is 0 Å². The fourth-order valence-electron chi connectivity index (χ4n) is 1.39. The highest BCUT2D eigenvalue weighted by atomic mass is 16.3. The van der Waals surface area contributed by atoms with Crippen molar-refractivity contribution in [3.63, 3.8) is 0 Å². The van der Waals surface area contributed by atoms with Crippen molar-refractivity contribution in [1.82, 2.24) is 4.98 Å². The second kappa shape index (κ2) is 3.20. The normalized spacial score (nSPS) is 13.4. The van der Waals surface area contributed by atoms with Gasteiger partial charge in [0.1, 0.15) is 0 Å². The van der Waals surface area contributed by atoms with E-state index in [9.17, 15) is 0 Å². The molecule has 3 nitrogen and oxygen atoms in total. The lowest BCUT2D eigenvalue weighted by Crippen LogP contribution is -2.14. The predicted octanol–water partition coefficient (Wildman–Crippen LogP) is 1.16. The van der Waals surface area contributed by atoms with Crippen molar-refractivity contribution in [3.8, 4) is 0 Å². The molecule has 0 saturated heterocycles. The van der Waals surface area contributed by atoms with Gasteiger partial charge in [0.25, 0.3) is 0 Å². The van der Waals surface area contributed by atoms with E-state index in [4.69, 9.17) is 10.8 Å². The summed E-state index contributed by atoms with van der Waals surface area (Å²) in [6.07, 6.45) is 0. The summed E-state index contributed by atoms with van der Waals surface area (Å²) >= 11 is 0. The van der Waals surface area contributed by atoms with Crippen molar-refractivity contribution < 1.29 is 5.11 Å². The van der Waals surface area contributed by atoms with Crippen LogP contribution in [0.5, 0.6) is 0 Å². The van der Waals surface area contributed by atoms with E-state index in [1.165, 1.54) is 0 Å². The summed E-state index contributed by atoms with van der Waals surface area (Å²) in [6, 6.07) is 9.60. The van der Waals surface area contributed by atoms with Crippen LogP contribution in [0.15, 0.2) is 30.3 Å². The number of H-pyrrole nitrogens is 1. The highest BCUT2D eigenvalue weighted by Gasteiger charge is 2.06. The fourth-order valence-corrected chi connectivity index (χ4v) is 1.39. The number of hydrogen-bond acceptors (Lipinski definition) is 2. The molecule has 68 valence electrons. The molecule has 2 rings (SSSR count). The molecule has 3 heteroatoms. The standard InChI is InChI=1S/C10H12N2O/c11-8(6-13)10-5-7-3-1-2-4-9(7)12-10/h1-5,8,12-13H,6,11H2/t8-/m0/s1. The lowest BCUT2D eigenvalue weighted by molar-refractivity contribution is 0.266. The SMILES string of the molecule is N[C@@H](CO)c1cc2ccccc2[nH]1. The third-order valence-corrected chi connectivity index (χ3v) is 2.15. The minimum absolute atomic E-state index is 0.0349. The molecule has 13 heavy (non-hydrogen) atoms. The average molecular weight is 176 g/mol. The maximum absolute atomic E-state index is 8.87. The van der Waals surface area contributed by atoms with Gasteiger partial charge in [0.2, 0.25) is 0 Å².